The Morgan fingerprint density at radius 2 is 1.30 bits per heavy atom. The van der Waals surface area contributed by atoms with Crippen LogP contribution < -0.4 is 10.4 Å². The quantitative estimate of drug-likeness (QED) is 0.701. The van der Waals surface area contributed by atoms with Gasteiger partial charge in [0, 0.05) is 0 Å². The van der Waals surface area contributed by atoms with Crippen LogP contribution in [0.25, 0.3) is 11.6 Å². The van der Waals surface area contributed by atoms with Crippen molar-refractivity contribution in [2.45, 2.75) is 45.7 Å². The van der Waals surface area contributed by atoms with Crippen molar-refractivity contribution in [2.24, 2.45) is 0 Å². The summed E-state index contributed by atoms with van der Waals surface area (Å²) in [5, 5.41) is 3.20. The maximum absolute atomic E-state index is 2.52. The SMILES string of the molecule is C[Si](C)(C)c1cc(C2=Cc3ccccc3C2)cc([Si](C)(C)C)c1. The van der Waals surface area contributed by atoms with Gasteiger partial charge < -0.3 is 0 Å². The molecule has 2 heteroatoms. The number of hydrogen-bond acceptors (Lipinski definition) is 0. The van der Waals surface area contributed by atoms with E-state index in [0.29, 0.717) is 0 Å². The van der Waals surface area contributed by atoms with Crippen molar-refractivity contribution in [3.8, 4) is 0 Å². The fraction of sp³-hybridized carbons (Fsp3) is 0.333. The molecule has 0 radical (unpaired) electrons. The van der Waals surface area contributed by atoms with Crippen molar-refractivity contribution in [2.75, 3.05) is 0 Å². The summed E-state index contributed by atoms with van der Waals surface area (Å²) >= 11 is 0. The standard InChI is InChI=1S/C21H28Si2/c1-22(2,3)20-13-19(14-21(15-20)23(4,5)6)18-11-16-9-7-8-10-17(16)12-18/h7-11,13-15H,12H2,1-6H3. The molecule has 1 aliphatic carbocycles. The van der Waals surface area contributed by atoms with Crippen molar-refractivity contribution in [3.63, 3.8) is 0 Å². The molecule has 0 unspecified atom stereocenters. The number of rotatable bonds is 3. The van der Waals surface area contributed by atoms with Gasteiger partial charge in [0.2, 0.25) is 0 Å². The van der Waals surface area contributed by atoms with E-state index in [2.05, 4.69) is 87.8 Å². The van der Waals surface area contributed by atoms with Crippen molar-refractivity contribution in [1.82, 2.24) is 0 Å². The molecule has 2 aromatic rings. The normalized spacial score (nSPS) is 14.6. The fourth-order valence-corrected chi connectivity index (χ4v) is 5.64. The summed E-state index contributed by atoms with van der Waals surface area (Å²) in [6, 6.07) is 16.3. The van der Waals surface area contributed by atoms with Crippen LogP contribution in [-0.2, 0) is 6.42 Å². The molecule has 0 aromatic heterocycles. The topological polar surface area (TPSA) is 0 Å². The van der Waals surface area contributed by atoms with Gasteiger partial charge in [-0.05, 0) is 28.7 Å². The van der Waals surface area contributed by atoms with E-state index in [9.17, 15) is 0 Å². The number of benzene rings is 2. The Morgan fingerprint density at radius 3 is 1.83 bits per heavy atom. The molecule has 120 valence electrons. The van der Waals surface area contributed by atoms with Gasteiger partial charge in [-0.25, -0.2) is 0 Å². The summed E-state index contributed by atoms with van der Waals surface area (Å²) in [6.45, 7) is 14.7. The monoisotopic (exact) mass is 336 g/mol. The average Bonchev–Trinajstić information content (AvgIpc) is 2.89. The molecule has 1 aliphatic rings. The highest BCUT2D eigenvalue weighted by Gasteiger charge is 2.24. The molecule has 3 rings (SSSR count). The summed E-state index contributed by atoms with van der Waals surface area (Å²) in [7, 11) is -2.62. The zero-order valence-corrected chi connectivity index (χ0v) is 17.3. The molecule has 0 N–H and O–H groups in total. The molecule has 0 nitrogen and oxygen atoms in total. The van der Waals surface area contributed by atoms with Gasteiger partial charge >= 0.3 is 0 Å². The van der Waals surface area contributed by atoms with Gasteiger partial charge in [-0.3, -0.25) is 0 Å². The summed E-state index contributed by atoms with van der Waals surface area (Å²) in [6.07, 6.45) is 3.48. The Kier molecular flexibility index (Phi) is 4.01. The summed E-state index contributed by atoms with van der Waals surface area (Å²) in [5.74, 6) is 0. The number of fused-ring (bicyclic) bond motifs is 1. The van der Waals surface area contributed by atoms with Crippen LogP contribution in [0.5, 0.6) is 0 Å². The Hall–Kier alpha value is -1.39. The average molecular weight is 337 g/mol. The van der Waals surface area contributed by atoms with Crippen LogP contribution in [-0.4, -0.2) is 16.1 Å². The second-order valence-corrected chi connectivity index (χ2v) is 19.0. The maximum Gasteiger partial charge on any atom is 0.0776 e. The summed E-state index contributed by atoms with van der Waals surface area (Å²) in [4.78, 5) is 0. The Bertz CT molecular complexity index is 739. The Morgan fingerprint density at radius 1 is 0.739 bits per heavy atom. The lowest BCUT2D eigenvalue weighted by atomic mass is 10.0. The summed E-state index contributed by atoms with van der Waals surface area (Å²) < 4.78 is 0. The minimum absolute atomic E-state index is 1.08. The van der Waals surface area contributed by atoms with E-state index < -0.39 is 16.1 Å². The second-order valence-electron chi connectivity index (χ2n) is 8.84. The molecule has 0 saturated heterocycles. The van der Waals surface area contributed by atoms with Crippen molar-refractivity contribution in [1.29, 1.82) is 0 Å². The van der Waals surface area contributed by atoms with Gasteiger partial charge in [0.15, 0.2) is 0 Å². The molecule has 23 heavy (non-hydrogen) atoms. The molecule has 0 amide bonds. The van der Waals surface area contributed by atoms with Crippen LogP contribution in [0, 0.1) is 0 Å². The largest absolute Gasteiger partial charge is 0.0776 e. The van der Waals surface area contributed by atoms with E-state index in [-0.39, 0.29) is 0 Å². The highest BCUT2D eigenvalue weighted by atomic mass is 28.3. The lowest BCUT2D eigenvalue weighted by Crippen LogP contribution is -2.45. The predicted molar refractivity (Wildman–Crippen MR) is 110 cm³/mol. The minimum Gasteiger partial charge on any atom is -0.0656 e. The first-order valence-electron chi connectivity index (χ1n) is 8.59. The van der Waals surface area contributed by atoms with Crippen LogP contribution in [0.15, 0.2) is 42.5 Å². The second kappa shape index (κ2) is 5.61. The zero-order chi connectivity index (χ0) is 16.8. The highest BCUT2D eigenvalue weighted by Crippen LogP contribution is 2.31. The van der Waals surface area contributed by atoms with Gasteiger partial charge in [-0.2, -0.15) is 0 Å². The lowest BCUT2D eigenvalue weighted by Gasteiger charge is -2.24. The molecule has 0 aliphatic heterocycles. The summed E-state index contributed by atoms with van der Waals surface area (Å²) in [5.41, 5.74) is 5.82. The zero-order valence-electron chi connectivity index (χ0n) is 15.3. The van der Waals surface area contributed by atoms with Gasteiger partial charge in [0.25, 0.3) is 0 Å². The van der Waals surface area contributed by atoms with Gasteiger partial charge in [-0.15, -0.1) is 0 Å². The molecular weight excluding hydrogens is 308 g/mol. The van der Waals surface area contributed by atoms with Crippen molar-refractivity contribution >= 4 is 38.2 Å². The third-order valence-corrected chi connectivity index (χ3v) is 8.84. The van der Waals surface area contributed by atoms with E-state index >= 15 is 0 Å². The third kappa shape index (κ3) is 3.43. The first-order chi connectivity index (χ1) is 10.6. The van der Waals surface area contributed by atoms with E-state index in [0.717, 1.165) is 6.42 Å². The van der Waals surface area contributed by atoms with E-state index in [1.807, 2.05) is 0 Å². The smallest absolute Gasteiger partial charge is 0.0656 e. The fourth-order valence-electron chi connectivity index (χ4n) is 3.14. The van der Waals surface area contributed by atoms with Gasteiger partial charge in [-0.1, -0.05) is 98.2 Å². The molecular formula is C21H28Si2. The van der Waals surface area contributed by atoms with Gasteiger partial charge in [0.1, 0.15) is 0 Å². The van der Waals surface area contributed by atoms with Gasteiger partial charge in [0.05, 0.1) is 16.1 Å². The van der Waals surface area contributed by atoms with E-state index in [4.69, 9.17) is 0 Å². The molecule has 0 spiro atoms. The maximum atomic E-state index is 2.52. The molecule has 0 saturated carbocycles. The predicted octanol–water partition coefficient (Wildman–Crippen LogP) is 4.87. The van der Waals surface area contributed by atoms with Crippen LogP contribution in [0.1, 0.15) is 16.7 Å². The van der Waals surface area contributed by atoms with Crippen LogP contribution in [0.4, 0.5) is 0 Å². The van der Waals surface area contributed by atoms with Crippen LogP contribution in [0.3, 0.4) is 0 Å². The van der Waals surface area contributed by atoms with E-state index in [1.165, 1.54) is 22.3 Å². The molecule has 0 bridgehead atoms. The highest BCUT2D eigenvalue weighted by molar-refractivity contribution is 6.91. The van der Waals surface area contributed by atoms with Crippen molar-refractivity contribution < 1.29 is 0 Å². The first kappa shape index (κ1) is 16.5. The first-order valence-corrected chi connectivity index (χ1v) is 15.6. The lowest BCUT2D eigenvalue weighted by molar-refractivity contribution is 1.32. The van der Waals surface area contributed by atoms with Crippen LogP contribution >= 0.6 is 0 Å². The molecule has 0 heterocycles. The number of allylic oxidation sites excluding steroid dienone is 1. The van der Waals surface area contributed by atoms with Crippen LogP contribution in [0.2, 0.25) is 39.3 Å². The number of hydrogen-bond donors (Lipinski definition) is 0. The third-order valence-electron chi connectivity index (χ3n) is 4.80. The van der Waals surface area contributed by atoms with Crippen molar-refractivity contribution in [3.05, 3.63) is 59.2 Å². The molecule has 0 atom stereocenters. The van der Waals surface area contributed by atoms with E-state index in [1.54, 1.807) is 10.4 Å². The molecule has 0 fully saturated rings. The Balaban J connectivity index is 2.10. The Labute approximate surface area is 143 Å². The minimum atomic E-state index is -1.31. The molecule has 2 aromatic carbocycles.